The summed E-state index contributed by atoms with van der Waals surface area (Å²) in [6.45, 7) is 0.173. The molecule has 1 aliphatic carbocycles. The number of carbonyl (C=O) groups is 1. The summed E-state index contributed by atoms with van der Waals surface area (Å²) < 4.78 is 22.4. The first-order valence-electron chi connectivity index (χ1n) is 8.32. The molecule has 2 aromatic rings. The predicted molar refractivity (Wildman–Crippen MR) is 95.0 cm³/mol. The molecule has 2 aromatic carbocycles. The van der Waals surface area contributed by atoms with Crippen LogP contribution in [0.4, 0.5) is 0 Å². The first kappa shape index (κ1) is 15.1. The van der Waals surface area contributed by atoms with Gasteiger partial charge in [0.1, 0.15) is 6.04 Å². The van der Waals surface area contributed by atoms with Gasteiger partial charge in [-0.2, -0.15) is 0 Å². The second kappa shape index (κ2) is 5.17. The van der Waals surface area contributed by atoms with Crippen molar-refractivity contribution in [2.45, 2.75) is 6.04 Å². The monoisotopic (exact) mass is 351 g/mol. The van der Waals surface area contributed by atoms with Crippen LogP contribution >= 0.6 is 0 Å². The molecule has 132 valence electrons. The van der Waals surface area contributed by atoms with Gasteiger partial charge in [-0.1, -0.05) is 0 Å². The minimum Gasteiger partial charge on any atom is -0.493 e. The molecule has 6 nitrogen and oxygen atoms in total. The molecule has 26 heavy (non-hydrogen) atoms. The number of nitrogens with zero attached hydrogens (tertiary/aromatic N) is 1. The molecule has 0 bridgehead atoms. The number of carbonyl (C=O) groups excluding carboxylic acids is 1. The second-order valence-corrected chi connectivity index (χ2v) is 6.46. The highest BCUT2D eigenvalue weighted by Gasteiger charge is 2.43. The molecule has 0 N–H and O–H groups in total. The predicted octanol–water partition coefficient (Wildman–Crippen LogP) is 3.25. The quantitative estimate of drug-likeness (QED) is 0.828. The van der Waals surface area contributed by atoms with E-state index in [1.807, 2.05) is 42.4 Å². The fraction of sp³-hybridized carbons (Fsp3) is 0.250. The lowest BCUT2D eigenvalue weighted by Crippen LogP contribution is -2.33. The zero-order valence-corrected chi connectivity index (χ0v) is 14.7. The molecule has 0 aromatic heterocycles. The van der Waals surface area contributed by atoms with Crippen LogP contribution in [0.5, 0.6) is 23.0 Å². The molecule has 0 amide bonds. The van der Waals surface area contributed by atoms with Gasteiger partial charge in [0, 0.05) is 29.9 Å². The first-order chi connectivity index (χ1) is 12.7. The van der Waals surface area contributed by atoms with Gasteiger partial charge in [-0.05, 0) is 29.8 Å². The van der Waals surface area contributed by atoms with Gasteiger partial charge in [0.15, 0.2) is 28.8 Å². The standard InChI is InChI=1S/C20H17NO5/c1-21-7-6-10-8-13-20(26-9-25-13)15-11-4-5-12(23-2)19(24-3)16(11)18(22)17(21)14(10)15/h4-8,17H,9H2,1-3H3. The number of Topliss-reactive ketones (excluding diaryl/α,β-unsaturated/α-hetero) is 1. The number of ketones is 1. The number of fused-ring (bicyclic) bond motifs is 4. The van der Waals surface area contributed by atoms with Gasteiger partial charge in [-0.15, -0.1) is 0 Å². The minimum atomic E-state index is -0.437. The molecular weight excluding hydrogens is 334 g/mol. The van der Waals surface area contributed by atoms with Crippen molar-refractivity contribution in [3.63, 3.8) is 0 Å². The van der Waals surface area contributed by atoms with E-state index in [4.69, 9.17) is 18.9 Å². The van der Waals surface area contributed by atoms with Crippen LogP contribution in [0.3, 0.4) is 0 Å². The highest BCUT2D eigenvalue weighted by molar-refractivity contribution is 6.14. The molecule has 2 heterocycles. The SMILES string of the molecule is COc1ccc2c(c1OC)C(=O)C1c3c(cc4c(c3-2)OCO4)C=CN1C. The third-order valence-electron chi connectivity index (χ3n) is 5.22. The highest BCUT2D eigenvalue weighted by atomic mass is 16.7. The Kier molecular flexibility index (Phi) is 3.01. The van der Waals surface area contributed by atoms with E-state index in [-0.39, 0.29) is 12.6 Å². The summed E-state index contributed by atoms with van der Waals surface area (Å²) in [5, 5.41) is 0. The summed E-state index contributed by atoms with van der Waals surface area (Å²) in [4.78, 5) is 15.4. The van der Waals surface area contributed by atoms with Gasteiger partial charge in [0.2, 0.25) is 6.79 Å². The number of hydrogen-bond acceptors (Lipinski definition) is 6. The van der Waals surface area contributed by atoms with E-state index in [2.05, 4.69) is 0 Å². The largest absolute Gasteiger partial charge is 0.493 e. The number of methoxy groups -OCH3 is 2. The normalized spacial score (nSPS) is 18.5. The minimum absolute atomic E-state index is 0.0183. The Morgan fingerprint density at radius 2 is 2.00 bits per heavy atom. The Balaban J connectivity index is 1.92. The van der Waals surface area contributed by atoms with Gasteiger partial charge in [-0.3, -0.25) is 4.79 Å². The number of hydrogen-bond donors (Lipinski definition) is 0. The van der Waals surface area contributed by atoms with Crippen LogP contribution in [0.15, 0.2) is 24.4 Å². The smallest absolute Gasteiger partial charge is 0.231 e. The van der Waals surface area contributed by atoms with Crippen molar-refractivity contribution in [1.29, 1.82) is 0 Å². The average Bonchev–Trinajstić information content (AvgIpc) is 3.12. The van der Waals surface area contributed by atoms with Gasteiger partial charge in [-0.25, -0.2) is 0 Å². The van der Waals surface area contributed by atoms with E-state index < -0.39 is 6.04 Å². The molecule has 0 spiro atoms. The Labute approximate surface area is 150 Å². The van der Waals surface area contributed by atoms with Gasteiger partial charge >= 0.3 is 0 Å². The van der Waals surface area contributed by atoms with Crippen LogP contribution in [0.2, 0.25) is 0 Å². The van der Waals surface area contributed by atoms with Crippen molar-refractivity contribution in [3.8, 4) is 34.1 Å². The fourth-order valence-electron chi connectivity index (χ4n) is 4.10. The number of benzene rings is 2. The van der Waals surface area contributed by atoms with Crippen molar-refractivity contribution in [1.82, 2.24) is 4.90 Å². The molecule has 0 saturated carbocycles. The number of likely N-dealkylation sites (N-methyl/N-ethyl adjacent to an activating group) is 1. The molecular formula is C20H17NO5. The van der Waals surface area contributed by atoms with Crippen molar-refractivity contribution in [3.05, 3.63) is 41.1 Å². The lowest BCUT2D eigenvalue weighted by molar-refractivity contribution is 0.0882. The topological polar surface area (TPSA) is 57.2 Å². The summed E-state index contributed by atoms with van der Waals surface area (Å²) in [6, 6.07) is 5.21. The maximum Gasteiger partial charge on any atom is 0.231 e. The molecule has 0 radical (unpaired) electrons. The van der Waals surface area contributed by atoms with Crippen molar-refractivity contribution in [2.75, 3.05) is 28.1 Å². The van der Waals surface area contributed by atoms with E-state index in [0.29, 0.717) is 28.6 Å². The Morgan fingerprint density at radius 3 is 2.77 bits per heavy atom. The third kappa shape index (κ3) is 1.73. The average molecular weight is 351 g/mol. The second-order valence-electron chi connectivity index (χ2n) is 6.46. The summed E-state index contributed by atoms with van der Waals surface area (Å²) in [6.07, 6.45) is 3.91. The molecule has 1 atom stereocenters. The zero-order chi connectivity index (χ0) is 18.0. The van der Waals surface area contributed by atoms with Crippen LogP contribution in [0, 0.1) is 0 Å². The zero-order valence-electron chi connectivity index (χ0n) is 14.7. The van der Waals surface area contributed by atoms with Crippen molar-refractivity contribution < 1.29 is 23.7 Å². The molecule has 2 aliphatic heterocycles. The van der Waals surface area contributed by atoms with Crippen LogP contribution in [0.25, 0.3) is 17.2 Å². The fourth-order valence-corrected chi connectivity index (χ4v) is 4.10. The molecule has 6 heteroatoms. The van der Waals surface area contributed by atoms with E-state index in [1.165, 1.54) is 0 Å². The van der Waals surface area contributed by atoms with E-state index in [9.17, 15) is 4.79 Å². The number of ether oxygens (including phenoxy) is 4. The Morgan fingerprint density at radius 1 is 1.15 bits per heavy atom. The first-order valence-corrected chi connectivity index (χ1v) is 8.32. The van der Waals surface area contributed by atoms with Crippen LogP contribution in [-0.4, -0.2) is 38.7 Å². The summed E-state index contributed by atoms with van der Waals surface area (Å²) >= 11 is 0. The Hall–Kier alpha value is -3.15. The van der Waals surface area contributed by atoms with Crippen LogP contribution in [0.1, 0.15) is 27.5 Å². The van der Waals surface area contributed by atoms with Gasteiger partial charge in [0.05, 0.1) is 19.8 Å². The van der Waals surface area contributed by atoms with E-state index >= 15 is 0 Å². The van der Waals surface area contributed by atoms with Gasteiger partial charge < -0.3 is 23.8 Å². The maximum atomic E-state index is 13.5. The highest BCUT2D eigenvalue weighted by Crippen LogP contribution is 2.56. The van der Waals surface area contributed by atoms with Gasteiger partial charge in [0.25, 0.3) is 0 Å². The molecule has 0 fully saturated rings. The molecule has 1 unspecified atom stereocenters. The Bertz CT molecular complexity index is 994. The van der Waals surface area contributed by atoms with Crippen LogP contribution < -0.4 is 18.9 Å². The molecule has 5 rings (SSSR count). The molecule has 3 aliphatic rings. The third-order valence-corrected chi connectivity index (χ3v) is 5.22. The van der Waals surface area contributed by atoms with Crippen LogP contribution in [-0.2, 0) is 0 Å². The lowest BCUT2D eigenvalue weighted by Gasteiger charge is -2.37. The van der Waals surface area contributed by atoms with Crippen molar-refractivity contribution in [2.24, 2.45) is 0 Å². The lowest BCUT2D eigenvalue weighted by atomic mass is 9.76. The number of rotatable bonds is 2. The summed E-state index contributed by atoms with van der Waals surface area (Å²) in [7, 11) is 5.01. The van der Waals surface area contributed by atoms with E-state index in [0.717, 1.165) is 22.3 Å². The molecule has 0 saturated heterocycles. The summed E-state index contributed by atoms with van der Waals surface area (Å²) in [5.41, 5.74) is 4.12. The summed E-state index contributed by atoms with van der Waals surface area (Å²) in [5.74, 6) is 2.33. The van der Waals surface area contributed by atoms with E-state index in [1.54, 1.807) is 14.2 Å². The van der Waals surface area contributed by atoms with Crippen molar-refractivity contribution >= 4 is 11.9 Å². The maximum absolute atomic E-state index is 13.5.